The Labute approximate surface area is 179 Å². The van der Waals surface area contributed by atoms with Gasteiger partial charge < -0.3 is 13.6 Å². The van der Waals surface area contributed by atoms with E-state index >= 15 is 0 Å². The molecule has 1 aliphatic rings. The molecule has 0 aromatic heterocycles. The average Bonchev–Trinajstić information content (AvgIpc) is 2.68. The first-order chi connectivity index (χ1) is 13.5. The van der Waals surface area contributed by atoms with E-state index in [2.05, 4.69) is 41.5 Å². The first-order valence-corrected chi connectivity index (χ1v) is 16.4. The largest absolute Gasteiger partial charge is 0.443 e. The lowest BCUT2D eigenvalue weighted by Crippen LogP contribution is -2.71. The van der Waals surface area contributed by atoms with Crippen LogP contribution in [0.4, 0.5) is 4.79 Å². The summed E-state index contributed by atoms with van der Waals surface area (Å²) in [7, 11) is -3.83. The van der Waals surface area contributed by atoms with E-state index in [0.717, 1.165) is 36.3 Å². The van der Waals surface area contributed by atoms with Gasteiger partial charge in [-0.25, -0.2) is 9.69 Å². The molecular weight excluding hydrogens is 402 g/mol. The molecule has 6 nitrogen and oxygen atoms in total. The Morgan fingerprint density at radius 1 is 0.897 bits per heavy atom. The standard InChI is InChI=1S/C21H43NO5Si2/c1-10-28(11-2,12-3)25-16-17-18(27-29(13-4,14-5)15-6)19(23)22(17)20(24)26-21(7,8)9/h17-18H,10-16H2,1-9H3. The van der Waals surface area contributed by atoms with Crippen molar-refractivity contribution >= 4 is 28.6 Å². The quantitative estimate of drug-likeness (QED) is 0.308. The maximum absolute atomic E-state index is 12.9. The summed E-state index contributed by atoms with van der Waals surface area (Å²) in [5, 5.41) is 0. The molecule has 2 atom stereocenters. The number of rotatable bonds is 11. The lowest BCUT2D eigenvalue weighted by atomic mass is 10.00. The Morgan fingerprint density at radius 3 is 1.72 bits per heavy atom. The summed E-state index contributed by atoms with van der Waals surface area (Å²) in [5.74, 6) is -0.281. The Hall–Kier alpha value is -0.706. The van der Waals surface area contributed by atoms with Gasteiger partial charge in [-0.1, -0.05) is 41.5 Å². The fourth-order valence-corrected chi connectivity index (χ4v) is 9.37. The molecule has 29 heavy (non-hydrogen) atoms. The van der Waals surface area contributed by atoms with Crippen LogP contribution in [-0.2, 0) is 18.4 Å². The van der Waals surface area contributed by atoms with Crippen molar-refractivity contribution in [2.75, 3.05) is 6.61 Å². The minimum absolute atomic E-state index is 0.281. The van der Waals surface area contributed by atoms with Gasteiger partial charge in [-0.3, -0.25) is 4.79 Å². The van der Waals surface area contributed by atoms with Crippen LogP contribution in [0, 0.1) is 0 Å². The molecular formula is C21H43NO5Si2. The van der Waals surface area contributed by atoms with E-state index in [1.165, 1.54) is 4.90 Å². The number of carbonyl (C=O) groups excluding carboxylic acids is 2. The van der Waals surface area contributed by atoms with E-state index in [1.54, 1.807) is 20.8 Å². The zero-order valence-electron chi connectivity index (χ0n) is 20.1. The lowest BCUT2D eigenvalue weighted by Gasteiger charge is -2.49. The predicted molar refractivity (Wildman–Crippen MR) is 122 cm³/mol. The van der Waals surface area contributed by atoms with Gasteiger partial charge in [0.15, 0.2) is 16.6 Å². The number of nitrogens with zero attached hydrogens (tertiary/aromatic N) is 1. The fourth-order valence-electron chi connectivity index (χ4n) is 3.93. The van der Waals surface area contributed by atoms with Gasteiger partial charge >= 0.3 is 6.09 Å². The molecule has 0 spiro atoms. The summed E-state index contributed by atoms with van der Waals surface area (Å²) in [5.41, 5.74) is -0.655. The van der Waals surface area contributed by atoms with E-state index in [0.29, 0.717) is 6.61 Å². The molecule has 0 N–H and O–H groups in total. The smallest absolute Gasteiger partial charge is 0.417 e. The molecule has 1 saturated heterocycles. The maximum Gasteiger partial charge on any atom is 0.417 e. The maximum atomic E-state index is 12.9. The normalized spacial score (nSPS) is 20.6. The van der Waals surface area contributed by atoms with Crippen LogP contribution < -0.4 is 0 Å². The average molecular weight is 446 g/mol. The van der Waals surface area contributed by atoms with Crippen molar-refractivity contribution < 1.29 is 23.2 Å². The third kappa shape index (κ3) is 6.15. The van der Waals surface area contributed by atoms with Crippen LogP contribution in [-0.4, -0.2) is 57.9 Å². The molecule has 0 saturated carbocycles. The van der Waals surface area contributed by atoms with Gasteiger partial charge in [0.05, 0.1) is 12.6 Å². The van der Waals surface area contributed by atoms with Crippen molar-refractivity contribution in [3.63, 3.8) is 0 Å². The number of hydrogen-bond acceptors (Lipinski definition) is 5. The molecule has 8 heteroatoms. The van der Waals surface area contributed by atoms with E-state index in [9.17, 15) is 9.59 Å². The molecule has 0 bridgehead atoms. The Balaban J connectivity index is 3.08. The van der Waals surface area contributed by atoms with Crippen LogP contribution in [0.1, 0.15) is 62.3 Å². The monoisotopic (exact) mass is 445 g/mol. The summed E-state index contributed by atoms with van der Waals surface area (Å²) in [4.78, 5) is 26.9. The van der Waals surface area contributed by atoms with E-state index in [1.807, 2.05) is 0 Å². The topological polar surface area (TPSA) is 65.1 Å². The van der Waals surface area contributed by atoms with Crippen LogP contribution in [0.25, 0.3) is 0 Å². The zero-order valence-corrected chi connectivity index (χ0v) is 22.1. The number of likely N-dealkylation sites (tertiary alicyclic amines) is 1. The third-order valence-electron chi connectivity index (χ3n) is 6.56. The molecule has 1 heterocycles. The molecule has 1 aliphatic heterocycles. The first kappa shape index (κ1) is 26.3. The van der Waals surface area contributed by atoms with Crippen molar-refractivity contribution in [1.29, 1.82) is 0 Å². The van der Waals surface area contributed by atoms with Gasteiger partial charge in [0.1, 0.15) is 11.7 Å². The summed E-state index contributed by atoms with van der Waals surface area (Å²) in [6.07, 6.45) is -1.18. The van der Waals surface area contributed by atoms with Crippen LogP contribution in [0.15, 0.2) is 0 Å². The molecule has 170 valence electrons. The van der Waals surface area contributed by atoms with Crippen molar-refractivity contribution in [3.05, 3.63) is 0 Å². The molecule has 0 aromatic rings. The Kier molecular flexibility index (Phi) is 9.58. The summed E-state index contributed by atoms with van der Waals surface area (Å²) in [6.45, 7) is 18.7. The Bertz CT molecular complexity index is 539. The SMILES string of the molecule is CC[Si](CC)(CC)OCC1C(O[Si](CC)(CC)CC)C(=O)N1C(=O)OC(C)(C)C. The van der Waals surface area contributed by atoms with Crippen molar-refractivity contribution in [3.8, 4) is 0 Å². The summed E-state index contributed by atoms with van der Waals surface area (Å²) >= 11 is 0. The molecule has 0 aliphatic carbocycles. The van der Waals surface area contributed by atoms with Crippen molar-refractivity contribution in [1.82, 2.24) is 4.90 Å². The second-order valence-corrected chi connectivity index (χ2v) is 18.6. The minimum atomic E-state index is -1.99. The van der Waals surface area contributed by atoms with Crippen LogP contribution >= 0.6 is 0 Å². The fraction of sp³-hybridized carbons (Fsp3) is 0.905. The predicted octanol–water partition coefficient (Wildman–Crippen LogP) is 5.54. The van der Waals surface area contributed by atoms with Crippen molar-refractivity contribution in [2.45, 2.75) is 116 Å². The molecule has 1 fully saturated rings. The van der Waals surface area contributed by atoms with Crippen LogP contribution in [0.5, 0.6) is 0 Å². The highest BCUT2D eigenvalue weighted by atomic mass is 28.4. The van der Waals surface area contributed by atoms with E-state index < -0.39 is 40.5 Å². The number of carbonyl (C=O) groups is 2. The van der Waals surface area contributed by atoms with Gasteiger partial charge in [0, 0.05) is 0 Å². The summed E-state index contributed by atoms with van der Waals surface area (Å²) < 4.78 is 18.4. The van der Waals surface area contributed by atoms with Gasteiger partial charge in [-0.05, 0) is 57.0 Å². The molecule has 2 unspecified atom stereocenters. The Morgan fingerprint density at radius 2 is 1.34 bits per heavy atom. The molecule has 0 radical (unpaired) electrons. The highest BCUT2D eigenvalue weighted by Gasteiger charge is 2.55. The second kappa shape index (κ2) is 10.5. The number of imide groups is 1. The van der Waals surface area contributed by atoms with Gasteiger partial charge in [-0.2, -0.15) is 0 Å². The minimum Gasteiger partial charge on any atom is -0.443 e. The highest BCUT2D eigenvalue weighted by molar-refractivity contribution is 6.74. The van der Waals surface area contributed by atoms with Gasteiger partial charge in [0.25, 0.3) is 5.91 Å². The van der Waals surface area contributed by atoms with Gasteiger partial charge in [-0.15, -0.1) is 0 Å². The molecule has 1 rings (SSSR count). The molecule has 2 amide bonds. The first-order valence-electron chi connectivity index (χ1n) is 11.3. The van der Waals surface area contributed by atoms with Gasteiger partial charge in [0.2, 0.25) is 0 Å². The number of amides is 2. The van der Waals surface area contributed by atoms with Crippen LogP contribution in [0.2, 0.25) is 36.3 Å². The highest BCUT2D eigenvalue weighted by Crippen LogP contribution is 2.34. The lowest BCUT2D eigenvalue weighted by molar-refractivity contribution is -0.164. The number of hydrogen-bond donors (Lipinski definition) is 0. The zero-order chi connectivity index (χ0) is 22.5. The second-order valence-electron chi connectivity index (χ2n) is 9.09. The molecule has 0 aromatic carbocycles. The van der Waals surface area contributed by atoms with Crippen LogP contribution in [0.3, 0.4) is 0 Å². The van der Waals surface area contributed by atoms with E-state index in [4.69, 9.17) is 13.6 Å². The van der Waals surface area contributed by atoms with Crippen molar-refractivity contribution in [2.24, 2.45) is 0 Å². The number of β-lactam (4-membered cyclic amide) rings is 1. The number of ether oxygens (including phenoxy) is 1. The summed E-state index contributed by atoms with van der Waals surface area (Å²) in [6, 6.07) is 5.55. The third-order valence-corrected chi connectivity index (χ3v) is 15.8. The van der Waals surface area contributed by atoms with E-state index in [-0.39, 0.29) is 5.91 Å².